The zero-order chi connectivity index (χ0) is 10.7. The van der Waals surface area contributed by atoms with Crippen LogP contribution < -0.4 is 10.1 Å². The predicted molar refractivity (Wildman–Crippen MR) is 57.6 cm³/mol. The van der Waals surface area contributed by atoms with Gasteiger partial charge in [-0.1, -0.05) is 24.3 Å². The van der Waals surface area contributed by atoms with Gasteiger partial charge in [0.05, 0.1) is 6.04 Å². The van der Waals surface area contributed by atoms with Gasteiger partial charge in [-0.2, -0.15) is 0 Å². The highest BCUT2D eigenvalue weighted by Crippen LogP contribution is 2.31. The van der Waals surface area contributed by atoms with Gasteiger partial charge in [0, 0.05) is 5.56 Å². The fourth-order valence-corrected chi connectivity index (χ4v) is 1.65. The van der Waals surface area contributed by atoms with Crippen molar-refractivity contribution < 1.29 is 9.53 Å². The van der Waals surface area contributed by atoms with Crippen molar-refractivity contribution in [3.63, 3.8) is 0 Å². The molecule has 1 unspecified atom stereocenters. The Labute approximate surface area is 88.8 Å². The maximum atomic E-state index is 11.4. The third kappa shape index (κ3) is 2.01. The molecule has 1 aromatic rings. The molecule has 0 saturated carbocycles. The molecule has 1 N–H and O–H groups in total. The zero-order valence-corrected chi connectivity index (χ0v) is 8.57. The van der Waals surface area contributed by atoms with Gasteiger partial charge in [-0.3, -0.25) is 4.79 Å². The maximum absolute atomic E-state index is 11.4. The molecule has 2 rings (SSSR count). The molecule has 1 amide bonds. The molecule has 0 fully saturated rings. The second-order valence-electron chi connectivity index (χ2n) is 3.41. The summed E-state index contributed by atoms with van der Waals surface area (Å²) < 4.78 is 5.45. The third-order valence-corrected chi connectivity index (χ3v) is 2.33. The monoisotopic (exact) mass is 203 g/mol. The third-order valence-electron chi connectivity index (χ3n) is 2.33. The van der Waals surface area contributed by atoms with E-state index in [9.17, 15) is 4.79 Å². The summed E-state index contributed by atoms with van der Waals surface area (Å²) in [6.45, 7) is 2.33. The topological polar surface area (TPSA) is 38.3 Å². The Morgan fingerprint density at radius 1 is 1.53 bits per heavy atom. The lowest BCUT2D eigenvalue weighted by Gasteiger charge is -2.09. The lowest BCUT2D eigenvalue weighted by molar-refractivity contribution is -0.117. The van der Waals surface area contributed by atoms with Crippen molar-refractivity contribution in [1.82, 2.24) is 5.32 Å². The molecular formula is C12H13NO2. The average Bonchev–Trinajstić information content (AvgIpc) is 2.62. The molecule has 3 nitrogen and oxygen atoms in total. The first-order valence-corrected chi connectivity index (χ1v) is 4.96. The molecule has 1 heterocycles. The van der Waals surface area contributed by atoms with Gasteiger partial charge in [-0.25, -0.2) is 0 Å². The van der Waals surface area contributed by atoms with Crippen molar-refractivity contribution in [2.24, 2.45) is 0 Å². The molecule has 0 aromatic heterocycles. The highest BCUT2D eigenvalue weighted by Gasteiger charge is 2.23. The molecule has 1 aliphatic rings. The van der Waals surface area contributed by atoms with E-state index in [4.69, 9.17) is 4.74 Å². The number of carbonyl (C=O) groups is 1. The molecule has 1 atom stereocenters. The number of allylic oxidation sites excluding steroid dienone is 1. The summed E-state index contributed by atoms with van der Waals surface area (Å²) >= 11 is 0. The standard InChI is InChI=1S/C12H13NO2/c1-2-5-12(14)13-10-8-15-11-7-4-3-6-9(10)11/h2-7,10H,8H2,1H3,(H,13,14). The first kappa shape index (κ1) is 9.77. The summed E-state index contributed by atoms with van der Waals surface area (Å²) in [4.78, 5) is 11.4. The molecule has 0 spiro atoms. The number of nitrogens with one attached hydrogen (secondary N) is 1. The average molecular weight is 203 g/mol. The fraction of sp³-hybridized carbons (Fsp3) is 0.250. The summed E-state index contributed by atoms with van der Waals surface area (Å²) in [5.41, 5.74) is 1.05. The SMILES string of the molecule is CC=CC(=O)NC1COc2ccccc21. The number of hydrogen-bond donors (Lipinski definition) is 1. The van der Waals surface area contributed by atoms with Gasteiger partial charge in [0.2, 0.25) is 5.91 Å². The van der Waals surface area contributed by atoms with E-state index in [2.05, 4.69) is 5.32 Å². The summed E-state index contributed by atoms with van der Waals surface area (Å²) in [6.07, 6.45) is 3.23. The van der Waals surface area contributed by atoms with Gasteiger partial charge in [0.1, 0.15) is 12.4 Å². The van der Waals surface area contributed by atoms with E-state index in [-0.39, 0.29) is 11.9 Å². The number of hydrogen-bond acceptors (Lipinski definition) is 2. The smallest absolute Gasteiger partial charge is 0.244 e. The number of ether oxygens (including phenoxy) is 1. The van der Waals surface area contributed by atoms with E-state index in [1.165, 1.54) is 6.08 Å². The number of amides is 1. The summed E-state index contributed by atoms with van der Waals surface area (Å²) in [5.74, 6) is 0.783. The van der Waals surface area contributed by atoms with Crippen molar-refractivity contribution in [3.05, 3.63) is 42.0 Å². The van der Waals surface area contributed by atoms with Gasteiger partial charge >= 0.3 is 0 Å². The first-order chi connectivity index (χ1) is 7.31. The summed E-state index contributed by atoms with van der Waals surface area (Å²) in [6, 6.07) is 7.74. The van der Waals surface area contributed by atoms with E-state index in [1.807, 2.05) is 31.2 Å². The molecule has 1 aromatic carbocycles. The quantitative estimate of drug-likeness (QED) is 0.744. The lowest BCUT2D eigenvalue weighted by atomic mass is 10.1. The van der Waals surface area contributed by atoms with E-state index in [0.717, 1.165) is 11.3 Å². The van der Waals surface area contributed by atoms with Gasteiger partial charge in [0.25, 0.3) is 0 Å². The van der Waals surface area contributed by atoms with Crippen molar-refractivity contribution in [3.8, 4) is 5.75 Å². The Hall–Kier alpha value is -1.77. The van der Waals surface area contributed by atoms with Crippen molar-refractivity contribution in [2.75, 3.05) is 6.61 Å². The Morgan fingerprint density at radius 2 is 2.33 bits per heavy atom. The normalized spacial score (nSPS) is 18.6. The van der Waals surface area contributed by atoms with Crippen LogP contribution in [-0.2, 0) is 4.79 Å². The Bertz CT molecular complexity index is 398. The number of fused-ring (bicyclic) bond motifs is 1. The highest BCUT2D eigenvalue weighted by atomic mass is 16.5. The number of carbonyl (C=O) groups excluding carboxylic acids is 1. The Kier molecular flexibility index (Phi) is 2.72. The van der Waals surface area contributed by atoms with Crippen LogP contribution in [0, 0.1) is 0 Å². The minimum atomic E-state index is -0.0807. The van der Waals surface area contributed by atoms with E-state index >= 15 is 0 Å². The van der Waals surface area contributed by atoms with Crippen molar-refractivity contribution in [1.29, 1.82) is 0 Å². The predicted octanol–water partition coefficient (Wildman–Crippen LogP) is 1.81. The van der Waals surface area contributed by atoms with Gasteiger partial charge in [-0.05, 0) is 19.1 Å². The molecule has 15 heavy (non-hydrogen) atoms. The second kappa shape index (κ2) is 4.17. The van der Waals surface area contributed by atoms with Crippen LogP contribution in [0.4, 0.5) is 0 Å². The highest BCUT2D eigenvalue weighted by molar-refractivity contribution is 5.87. The fourth-order valence-electron chi connectivity index (χ4n) is 1.65. The Balaban J connectivity index is 2.11. The maximum Gasteiger partial charge on any atom is 0.244 e. The minimum Gasteiger partial charge on any atom is -0.491 e. The zero-order valence-electron chi connectivity index (χ0n) is 8.57. The molecular weight excluding hydrogens is 190 g/mol. The largest absolute Gasteiger partial charge is 0.491 e. The number of benzene rings is 1. The van der Waals surface area contributed by atoms with E-state index < -0.39 is 0 Å². The van der Waals surface area contributed by atoms with Crippen LogP contribution in [-0.4, -0.2) is 12.5 Å². The molecule has 78 valence electrons. The second-order valence-corrected chi connectivity index (χ2v) is 3.41. The van der Waals surface area contributed by atoms with Crippen LogP contribution in [0.2, 0.25) is 0 Å². The lowest BCUT2D eigenvalue weighted by Crippen LogP contribution is -2.27. The van der Waals surface area contributed by atoms with Crippen LogP contribution in [0.15, 0.2) is 36.4 Å². The van der Waals surface area contributed by atoms with Crippen molar-refractivity contribution >= 4 is 5.91 Å². The molecule has 0 bridgehead atoms. The molecule has 1 aliphatic heterocycles. The Morgan fingerprint density at radius 3 is 3.13 bits per heavy atom. The van der Waals surface area contributed by atoms with Gasteiger partial charge in [-0.15, -0.1) is 0 Å². The van der Waals surface area contributed by atoms with Crippen LogP contribution >= 0.6 is 0 Å². The molecule has 0 saturated heterocycles. The minimum absolute atomic E-state index is 0.0232. The van der Waals surface area contributed by atoms with Crippen LogP contribution in [0.25, 0.3) is 0 Å². The first-order valence-electron chi connectivity index (χ1n) is 4.96. The number of rotatable bonds is 2. The van der Waals surface area contributed by atoms with E-state index in [0.29, 0.717) is 6.61 Å². The molecule has 0 radical (unpaired) electrons. The van der Waals surface area contributed by atoms with Crippen LogP contribution in [0.5, 0.6) is 5.75 Å². The van der Waals surface area contributed by atoms with E-state index in [1.54, 1.807) is 6.08 Å². The van der Waals surface area contributed by atoms with Gasteiger partial charge in [0.15, 0.2) is 0 Å². The molecule has 3 heteroatoms. The summed E-state index contributed by atoms with van der Waals surface area (Å²) in [5, 5.41) is 2.89. The van der Waals surface area contributed by atoms with Crippen molar-refractivity contribution in [2.45, 2.75) is 13.0 Å². The van der Waals surface area contributed by atoms with Crippen LogP contribution in [0.1, 0.15) is 18.5 Å². The number of para-hydroxylation sites is 1. The van der Waals surface area contributed by atoms with Crippen LogP contribution in [0.3, 0.4) is 0 Å². The summed E-state index contributed by atoms with van der Waals surface area (Å²) in [7, 11) is 0. The van der Waals surface area contributed by atoms with Gasteiger partial charge < -0.3 is 10.1 Å². The molecule has 0 aliphatic carbocycles.